The number of hydrogen-bond acceptors (Lipinski definition) is 5. The quantitative estimate of drug-likeness (QED) is 0.668. The maximum absolute atomic E-state index is 10.9. The third-order valence-electron chi connectivity index (χ3n) is 2.97. The van der Waals surface area contributed by atoms with Crippen molar-refractivity contribution in [2.45, 2.75) is 18.5 Å². The van der Waals surface area contributed by atoms with Crippen molar-refractivity contribution in [1.29, 1.82) is 0 Å². The van der Waals surface area contributed by atoms with Crippen molar-refractivity contribution < 1.29 is 14.6 Å². The van der Waals surface area contributed by atoms with Crippen molar-refractivity contribution in [3.63, 3.8) is 0 Å². The Morgan fingerprint density at radius 2 is 2.44 bits per heavy atom. The molecule has 18 heavy (non-hydrogen) atoms. The van der Waals surface area contributed by atoms with Gasteiger partial charge in [-0.05, 0) is 5.56 Å². The average Bonchev–Trinajstić information content (AvgIpc) is 2.32. The first kappa shape index (κ1) is 12.8. The summed E-state index contributed by atoms with van der Waals surface area (Å²) in [5.41, 5.74) is 0.866. The molecule has 0 radical (unpaired) electrons. The molecule has 1 unspecified atom stereocenters. The van der Waals surface area contributed by atoms with Crippen LogP contribution in [0, 0.1) is 0 Å². The fraction of sp³-hybridized carbons (Fsp3) is 0.500. The number of aliphatic carboxylic acids is 1. The summed E-state index contributed by atoms with van der Waals surface area (Å²) in [5.74, 6) is -0.297. The number of rotatable bonds is 6. The topological polar surface area (TPSA) is 83.5 Å². The van der Waals surface area contributed by atoms with Gasteiger partial charge in [0.2, 0.25) is 5.88 Å². The molecule has 0 amide bonds. The van der Waals surface area contributed by atoms with Crippen LogP contribution in [-0.2, 0) is 4.79 Å². The number of aromatic nitrogens is 1. The fourth-order valence-electron chi connectivity index (χ4n) is 1.86. The lowest BCUT2D eigenvalue weighted by Crippen LogP contribution is -2.56. The Morgan fingerprint density at radius 3 is 2.89 bits per heavy atom. The summed E-state index contributed by atoms with van der Waals surface area (Å²) < 4.78 is 4.99. The minimum absolute atomic E-state index is 0.0461. The van der Waals surface area contributed by atoms with Crippen LogP contribution in [0.2, 0.25) is 0 Å². The molecule has 0 aromatic carbocycles. The van der Waals surface area contributed by atoms with Crippen LogP contribution in [0.3, 0.4) is 0 Å². The number of carbonyl (C=O) groups is 1. The first-order valence-electron chi connectivity index (χ1n) is 5.87. The van der Waals surface area contributed by atoms with Crippen LogP contribution in [-0.4, -0.2) is 42.3 Å². The summed E-state index contributed by atoms with van der Waals surface area (Å²) in [6.45, 7) is 1.75. The van der Waals surface area contributed by atoms with Gasteiger partial charge in [0.25, 0.3) is 0 Å². The lowest BCUT2D eigenvalue weighted by atomic mass is 10.0. The SMILES string of the molecule is COc1ccc(C(CC(=O)O)NC2CNC2)cn1. The second kappa shape index (κ2) is 5.79. The Balaban J connectivity index is 2.07. The normalized spacial score (nSPS) is 16.9. The summed E-state index contributed by atoms with van der Waals surface area (Å²) in [7, 11) is 1.55. The smallest absolute Gasteiger partial charge is 0.305 e. The van der Waals surface area contributed by atoms with Crippen LogP contribution in [0.25, 0.3) is 0 Å². The Labute approximate surface area is 105 Å². The van der Waals surface area contributed by atoms with Gasteiger partial charge in [-0.25, -0.2) is 4.98 Å². The number of carboxylic acids is 1. The molecule has 1 fully saturated rings. The number of ether oxygens (including phenoxy) is 1. The summed E-state index contributed by atoms with van der Waals surface area (Å²) in [5, 5.41) is 15.4. The van der Waals surface area contributed by atoms with Crippen LogP contribution < -0.4 is 15.4 Å². The van der Waals surface area contributed by atoms with Gasteiger partial charge in [0.05, 0.1) is 13.5 Å². The molecule has 0 spiro atoms. The van der Waals surface area contributed by atoms with Gasteiger partial charge in [0.15, 0.2) is 0 Å². The van der Waals surface area contributed by atoms with Crippen LogP contribution in [0.5, 0.6) is 5.88 Å². The standard InChI is InChI=1S/C12H17N3O3/c1-18-11-3-2-8(5-14-11)10(4-12(16)17)15-9-6-13-7-9/h2-3,5,9-10,13,15H,4,6-7H2,1H3,(H,16,17). The van der Waals surface area contributed by atoms with Gasteiger partial charge in [-0.3, -0.25) is 4.79 Å². The predicted octanol–water partition coefficient (Wildman–Crippen LogP) is 0.167. The maximum atomic E-state index is 10.9. The van der Waals surface area contributed by atoms with Gasteiger partial charge in [-0.15, -0.1) is 0 Å². The van der Waals surface area contributed by atoms with Crippen molar-refractivity contribution in [3.8, 4) is 5.88 Å². The average molecular weight is 251 g/mol. The first-order valence-corrected chi connectivity index (χ1v) is 5.87. The number of hydrogen-bond donors (Lipinski definition) is 3. The highest BCUT2D eigenvalue weighted by atomic mass is 16.5. The van der Waals surface area contributed by atoms with Crippen LogP contribution in [0.4, 0.5) is 0 Å². The molecule has 98 valence electrons. The zero-order chi connectivity index (χ0) is 13.0. The van der Waals surface area contributed by atoms with Crippen molar-refractivity contribution in [3.05, 3.63) is 23.9 Å². The van der Waals surface area contributed by atoms with E-state index < -0.39 is 5.97 Å². The molecular weight excluding hydrogens is 234 g/mol. The fourth-order valence-corrected chi connectivity index (χ4v) is 1.86. The first-order chi connectivity index (χ1) is 8.69. The van der Waals surface area contributed by atoms with E-state index in [1.165, 1.54) is 0 Å². The molecule has 3 N–H and O–H groups in total. The van der Waals surface area contributed by atoms with Crippen LogP contribution in [0.1, 0.15) is 18.0 Å². The van der Waals surface area contributed by atoms with Crippen LogP contribution in [0.15, 0.2) is 18.3 Å². The molecule has 1 aliphatic rings. The highest BCUT2D eigenvalue weighted by molar-refractivity contribution is 5.67. The van der Waals surface area contributed by atoms with E-state index in [9.17, 15) is 4.79 Å². The minimum atomic E-state index is -0.824. The third-order valence-corrected chi connectivity index (χ3v) is 2.97. The molecule has 1 saturated heterocycles. The predicted molar refractivity (Wildman–Crippen MR) is 65.6 cm³/mol. The van der Waals surface area contributed by atoms with E-state index in [0.29, 0.717) is 11.9 Å². The van der Waals surface area contributed by atoms with E-state index >= 15 is 0 Å². The second-order valence-corrected chi connectivity index (χ2v) is 4.31. The maximum Gasteiger partial charge on any atom is 0.305 e. The lowest BCUT2D eigenvalue weighted by molar-refractivity contribution is -0.137. The summed E-state index contributed by atoms with van der Waals surface area (Å²) in [6.07, 6.45) is 1.70. The molecule has 6 nitrogen and oxygen atoms in total. The van der Waals surface area contributed by atoms with Gasteiger partial charge in [0, 0.05) is 37.4 Å². The minimum Gasteiger partial charge on any atom is -0.481 e. The molecule has 0 saturated carbocycles. The monoisotopic (exact) mass is 251 g/mol. The summed E-state index contributed by atoms with van der Waals surface area (Å²) >= 11 is 0. The zero-order valence-electron chi connectivity index (χ0n) is 10.2. The van der Waals surface area contributed by atoms with E-state index in [1.807, 2.05) is 6.07 Å². The number of methoxy groups -OCH3 is 1. The number of pyridine rings is 1. The van der Waals surface area contributed by atoms with Crippen molar-refractivity contribution in [2.75, 3.05) is 20.2 Å². The molecule has 6 heteroatoms. The van der Waals surface area contributed by atoms with E-state index in [4.69, 9.17) is 9.84 Å². The second-order valence-electron chi connectivity index (χ2n) is 4.31. The molecule has 0 bridgehead atoms. The number of carboxylic acid groups (broad SMARTS) is 1. The Morgan fingerprint density at radius 1 is 1.67 bits per heavy atom. The van der Waals surface area contributed by atoms with Gasteiger partial charge < -0.3 is 20.5 Å². The Bertz CT molecular complexity index is 404. The zero-order valence-corrected chi connectivity index (χ0v) is 10.2. The molecule has 0 aliphatic carbocycles. The molecule has 2 heterocycles. The van der Waals surface area contributed by atoms with Gasteiger partial charge >= 0.3 is 5.97 Å². The van der Waals surface area contributed by atoms with Gasteiger partial charge in [-0.1, -0.05) is 6.07 Å². The van der Waals surface area contributed by atoms with E-state index in [1.54, 1.807) is 19.4 Å². The molecule has 2 rings (SSSR count). The van der Waals surface area contributed by atoms with Crippen molar-refractivity contribution in [1.82, 2.24) is 15.6 Å². The highest BCUT2D eigenvalue weighted by Gasteiger charge is 2.23. The number of nitrogens with one attached hydrogen (secondary N) is 2. The Hall–Kier alpha value is -1.66. The summed E-state index contributed by atoms with van der Waals surface area (Å²) in [4.78, 5) is 15.0. The largest absolute Gasteiger partial charge is 0.481 e. The van der Waals surface area contributed by atoms with Crippen LogP contribution >= 0.6 is 0 Å². The Kier molecular flexibility index (Phi) is 4.11. The highest BCUT2D eigenvalue weighted by Crippen LogP contribution is 2.19. The van der Waals surface area contributed by atoms with Crippen molar-refractivity contribution >= 4 is 5.97 Å². The third kappa shape index (κ3) is 3.18. The van der Waals surface area contributed by atoms with E-state index in [2.05, 4.69) is 15.6 Å². The summed E-state index contributed by atoms with van der Waals surface area (Å²) in [6, 6.07) is 3.70. The van der Waals surface area contributed by atoms with Gasteiger partial charge in [0.1, 0.15) is 0 Å². The molecule has 1 aromatic rings. The molecular formula is C12H17N3O3. The van der Waals surface area contributed by atoms with Gasteiger partial charge in [-0.2, -0.15) is 0 Å². The molecule has 1 aromatic heterocycles. The lowest BCUT2D eigenvalue weighted by Gasteiger charge is -2.32. The van der Waals surface area contributed by atoms with E-state index in [0.717, 1.165) is 18.7 Å². The molecule has 1 atom stereocenters. The number of nitrogens with zero attached hydrogens (tertiary/aromatic N) is 1. The van der Waals surface area contributed by atoms with Crippen molar-refractivity contribution in [2.24, 2.45) is 0 Å². The molecule has 1 aliphatic heterocycles. The van der Waals surface area contributed by atoms with E-state index in [-0.39, 0.29) is 12.5 Å².